The number of hydrogen-bond donors (Lipinski definition) is 2. The van der Waals surface area contributed by atoms with Crippen LogP contribution in [0.15, 0.2) is 24.3 Å². The molecule has 2 rings (SSSR count). The molecule has 2 aromatic carbocycles. The van der Waals surface area contributed by atoms with E-state index in [0.29, 0.717) is 24.3 Å². The third kappa shape index (κ3) is 3.96. The van der Waals surface area contributed by atoms with Crippen molar-refractivity contribution >= 4 is 11.4 Å². The Morgan fingerprint density at radius 1 is 0.618 bits per heavy atom. The molecule has 0 heterocycles. The summed E-state index contributed by atoms with van der Waals surface area (Å²) >= 11 is 0. The first-order valence-electron chi connectivity index (χ1n) is 9.99. The Kier molecular flexibility index (Phi) is 7.26. The van der Waals surface area contributed by atoms with Crippen molar-refractivity contribution < 1.29 is 44.6 Å². The van der Waals surface area contributed by atoms with Crippen molar-refractivity contribution in [1.29, 1.82) is 0 Å². The summed E-state index contributed by atoms with van der Waals surface area (Å²) in [5.74, 6) is -25.5. The number of hydrogen-bond acceptors (Lipinski definition) is 4. The fourth-order valence-corrected chi connectivity index (χ4v) is 3.41. The number of methoxy groups -OCH3 is 2. The third-order valence-corrected chi connectivity index (χ3v) is 5.57. The van der Waals surface area contributed by atoms with Crippen LogP contribution in [-0.2, 0) is 24.7 Å². The Hall–Kier alpha value is -2.92. The lowest BCUT2D eigenvalue weighted by Gasteiger charge is -2.37. The van der Waals surface area contributed by atoms with Gasteiger partial charge in [-0.15, -0.1) is 0 Å². The molecule has 4 nitrogen and oxygen atoms in total. The maximum Gasteiger partial charge on any atom is 0.382 e. The van der Waals surface area contributed by atoms with Gasteiger partial charge in [0.1, 0.15) is 11.5 Å². The van der Waals surface area contributed by atoms with E-state index < -0.39 is 46.3 Å². The highest BCUT2D eigenvalue weighted by atomic mass is 19.4. The topological polar surface area (TPSA) is 70.5 Å². The van der Waals surface area contributed by atoms with Gasteiger partial charge >= 0.3 is 23.7 Å². The second-order valence-corrected chi connectivity index (χ2v) is 7.51. The summed E-state index contributed by atoms with van der Waals surface area (Å²) in [7, 11) is 1.99. The largest absolute Gasteiger partial charge is 0.495 e. The van der Waals surface area contributed by atoms with Crippen molar-refractivity contribution in [3.63, 3.8) is 0 Å². The molecule has 0 radical (unpaired) electrons. The van der Waals surface area contributed by atoms with Crippen molar-refractivity contribution in [3.8, 4) is 11.5 Å². The third-order valence-electron chi connectivity index (χ3n) is 5.57. The molecule has 0 aliphatic carbocycles. The lowest BCUT2D eigenvalue weighted by molar-refractivity contribution is -0.374. The van der Waals surface area contributed by atoms with E-state index in [1.165, 1.54) is 13.8 Å². The molecule has 0 spiro atoms. The molecule has 34 heavy (non-hydrogen) atoms. The number of alkyl halides is 8. The highest BCUT2D eigenvalue weighted by Crippen LogP contribution is 2.60. The minimum atomic E-state index is -6.55. The number of benzene rings is 2. The SMILES string of the molecule is CCc1cc(C(F)(F)C(F)(F)C(F)(F)C(F)(F)c2cc(CC)c(N)c(OC)c2)cc(OC)c1N. The minimum absolute atomic E-state index is 0.0464. The van der Waals surface area contributed by atoms with Gasteiger partial charge in [-0.1, -0.05) is 13.8 Å². The van der Waals surface area contributed by atoms with Gasteiger partial charge < -0.3 is 20.9 Å². The van der Waals surface area contributed by atoms with Gasteiger partial charge in [-0.05, 0) is 48.2 Å². The number of anilines is 2. The van der Waals surface area contributed by atoms with Gasteiger partial charge in [0.2, 0.25) is 0 Å². The van der Waals surface area contributed by atoms with E-state index >= 15 is 0 Å². The van der Waals surface area contributed by atoms with Crippen LogP contribution in [0.5, 0.6) is 11.5 Å². The molecule has 4 N–H and O–H groups in total. The standard InChI is InChI=1S/C22H24F8N2O2/c1-5-11-7-13(9-15(33-3)17(11)31)19(23,24)21(27,28)22(29,30)20(25,26)14-8-12(6-2)18(32)16(10-14)34-4/h7-10H,5-6,31-32H2,1-4H3. The van der Waals surface area contributed by atoms with Gasteiger partial charge in [0.05, 0.1) is 25.6 Å². The molecular formula is C22H24F8N2O2. The predicted molar refractivity (Wildman–Crippen MR) is 111 cm³/mol. The van der Waals surface area contributed by atoms with E-state index in [4.69, 9.17) is 20.9 Å². The van der Waals surface area contributed by atoms with Gasteiger partial charge in [0, 0.05) is 11.1 Å². The second-order valence-electron chi connectivity index (χ2n) is 7.51. The fourth-order valence-electron chi connectivity index (χ4n) is 3.41. The average Bonchev–Trinajstić information content (AvgIpc) is 2.78. The molecule has 0 amide bonds. The first kappa shape index (κ1) is 27.3. The Bertz CT molecular complexity index is 924. The van der Waals surface area contributed by atoms with E-state index in [2.05, 4.69) is 0 Å². The van der Waals surface area contributed by atoms with E-state index in [1.807, 2.05) is 0 Å². The lowest BCUT2D eigenvalue weighted by atomic mass is 9.88. The summed E-state index contributed by atoms with van der Waals surface area (Å²) in [6, 6.07) is 1.55. The molecule has 190 valence electrons. The summed E-state index contributed by atoms with van der Waals surface area (Å²) in [5, 5.41) is 0. The van der Waals surface area contributed by atoms with Crippen LogP contribution in [0.2, 0.25) is 0 Å². The molecule has 0 atom stereocenters. The monoisotopic (exact) mass is 500 g/mol. The second kappa shape index (κ2) is 9.03. The molecule has 0 aliphatic rings. The van der Waals surface area contributed by atoms with E-state index in [1.54, 1.807) is 0 Å². The number of halogens is 8. The van der Waals surface area contributed by atoms with Crippen LogP contribution in [0.3, 0.4) is 0 Å². The van der Waals surface area contributed by atoms with Crippen molar-refractivity contribution in [2.24, 2.45) is 0 Å². The van der Waals surface area contributed by atoms with Crippen LogP contribution in [0.4, 0.5) is 46.5 Å². The molecule has 0 saturated carbocycles. The van der Waals surface area contributed by atoms with Crippen LogP contribution in [0.25, 0.3) is 0 Å². The number of aryl methyl sites for hydroxylation is 2. The van der Waals surface area contributed by atoms with Crippen LogP contribution in [-0.4, -0.2) is 26.1 Å². The highest BCUT2D eigenvalue weighted by molar-refractivity contribution is 5.62. The molecule has 12 heteroatoms. The highest BCUT2D eigenvalue weighted by Gasteiger charge is 2.81. The van der Waals surface area contributed by atoms with Crippen molar-refractivity contribution in [1.82, 2.24) is 0 Å². The summed E-state index contributed by atoms with van der Waals surface area (Å²) in [6.45, 7) is 2.88. The summed E-state index contributed by atoms with van der Waals surface area (Å²) in [6.07, 6.45) is -0.0927. The number of nitrogen functional groups attached to an aromatic ring is 2. The maximum atomic E-state index is 14.9. The number of nitrogens with two attached hydrogens (primary N) is 2. The van der Waals surface area contributed by atoms with Gasteiger partial charge in [0.15, 0.2) is 0 Å². The Labute approximate surface area is 190 Å². The zero-order chi connectivity index (χ0) is 26.3. The smallest absolute Gasteiger partial charge is 0.382 e. The molecule has 0 saturated heterocycles. The maximum absolute atomic E-state index is 14.9. The normalized spacial score (nSPS) is 13.2. The van der Waals surface area contributed by atoms with Crippen molar-refractivity contribution in [2.75, 3.05) is 25.7 Å². The Balaban J connectivity index is 2.71. The van der Waals surface area contributed by atoms with Crippen LogP contribution in [0, 0.1) is 0 Å². The van der Waals surface area contributed by atoms with E-state index in [9.17, 15) is 35.1 Å². The summed E-state index contributed by atoms with van der Waals surface area (Å²) in [4.78, 5) is 0. The molecule has 0 unspecified atom stereocenters. The van der Waals surface area contributed by atoms with E-state index in [-0.39, 0.29) is 35.3 Å². The minimum Gasteiger partial charge on any atom is -0.495 e. The first-order valence-corrected chi connectivity index (χ1v) is 9.99. The molecule has 2 aromatic rings. The molecule has 0 fully saturated rings. The molecule has 0 aromatic heterocycles. The van der Waals surface area contributed by atoms with Crippen LogP contribution < -0.4 is 20.9 Å². The molecule has 0 aliphatic heterocycles. The van der Waals surface area contributed by atoms with Gasteiger partial charge in [-0.2, -0.15) is 35.1 Å². The zero-order valence-corrected chi connectivity index (χ0v) is 18.7. The summed E-state index contributed by atoms with van der Waals surface area (Å²) in [5.41, 5.74) is 7.47. The quantitative estimate of drug-likeness (QED) is 0.320. The van der Waals surface area contributed by atoms with Crippen LogP contribution >= 0.6 is 0 Å². The Morgan fingerprint density at radius 2 is 0.912 bits per heavy atom. The summed E-state index contributed by atoms with van der Waals surface area (Å²) < 4.78 is 128. The van der Waals surface area contributed by atoms with E-state index in [0.717, 1.165) is 14.2 Å². The fraction of sp³-hybridized carbons (Fsp3) is 0.455. The van der Waals surface area contributed by atoms with Gasteiger partial charge in [-0.25, -0.2) is 0 Å². The van der Waals surface area contributed by atoms with Gasteiger partial charge in [0.25, 0.3) is 0 Å². The van der Waals surface area contributed by atoms with Gasteiger partial charge in [-0.3, -0.25) is 0 Å². The zero-order valence-electron chi connectivity index (χ0n) is 18.7. The van der Waals surface area contributed by atoms with Crippen molar-refractivity contribution in [3.05, 3.63) is 46.5 Å². The first-order chi connectivity index (χ1) is 15.5. The predicted octanol–water partition coefficient (Wildman–Crippen LogP) is 6.15. The molecular weight excluding hydrogens is 476 g/mol. The molecule has 0 bridgehead atoms. The number of ether oxygens (including phenoxy) is 2. The number of rotatable bonds is 9. The van der Waals surface area contributed by atoms with Crippen LogP contribution in [0.1, 0.15) is 36.1 Å². The van der Waals surface area contributed by atoms with Crippen molar-refractivity contribution in [2.45, 2.75) is 50.4 Å². The lowest BCUT2D eigenvalue weighted by Crippen LogP contribution is -2.59. The Morgan fingerprint density at radius 3 is 1.15 bits per heavy atom. The average molecular weight is 500 g/mol.